The van der Waals surface area contributed by atoms with Gasteiger partial charge in [-0.15, -0.1) is 5.10 Å². The second-order valence-electron chi connectivity index (χ2n) is 7.70. The molecule has 0 bridgehead atoms. The van der Waals surface area contributed by atoms with Gasteiger partial charge in [0.1, 0.15) is 6.04 Å². The number of carbonyl (C=O) groups is 1. The molecular weight excluding hydrogens is 414 g/mol. The molecule has 12 heteroatoms. The van der Waals surface area contributed by atoms with E-state index < -0.39 is 6.04 Å². The third-order valence-corrected chi connectivity index (χ3v) is 5.42. The summed E-state index contributed by atoms with van der Waals surface area (Å²) in [6, 6.07) is 2.84. The predicted molar refractivity (Wildman–Crippen MR) is 118 cm³/mol. The van der Waals surface area contributed by atoms with Crippen LogP contribution < -0.4 is 11.1 Å². The number of hydrogen-bond acceptors (Lipinski definition) is 10. The van der Waals surface area contributed by atoms with Gasteiger partial charge in [0.05, 0.1) is 12.9 Å². The van der Waals surface area contributed by atoms with Crippen LogP contribution in [0, 0.1) is 0 Å². The Labute approximate surface area is 185 Å². The first-order valence-corrected chi connectivity index (χ1v) is 10.8. The van der Waals surface area contributed by atoms with Crippen molar-refractivity contribution in [3.63, 3.8) is 0 Å². The van der Waals surface area contributed by atoms with Gasteiger partial charge in [-0.1, -0.05) is 13.3 Å². The first-order chi connectivity index (χ1) is 15.6. The van der Waals surface area contributed by atoms with Crippen molar-refractivity contribution < 1.29 is 13.9 Å². The fraction of sp³-hybridized carbons (Fsp3) is 0.550. The molecule has 0 aromatic carbocycles. The first-order valence-electron chi connectivity index (χ1n) is 10.8. The molecule has 4 heterocycles. The van der Waals surface area contributed by atoms with Crippen molar-refractivity contribution in [2.45, 2.75) is 25.8 Å². The molecule has 1 atom stereocenters. The molecular formula is C20H29N9O3. The Kier molecular flexibility index (Phi) is 6.81. The number of rotatable bonds is 9. The van der Waals surface area contributed by atoms with E-state index in [0.29, 0.717) is 24.7 Å². The number of nitrogens with two attached hydrogens (primary N) is 1. The zero-order valence-electron chi connectivity index (χ0n) is 18.4. The smallest absolute Gasteiger partial charge is 0.259 e. The summed E-state index contributed by atoms with van der Waals surface area (Å²) in [6.45, 7) is 6.54. The fourth-order valence-electron chi connectivity index (χ4n) is 3.67. The van der Waals surface area contributed by atoms with E-state index in [9.17, 15) is 4.79 Å². The van der Waals surface area contributed by atoms with E-state index in [1.54, 1.807) is 19.2 Å². The molecule has 0 aliphatic carbocycles. The molecule has 3 aromatic rings. The van der Waals surface area contributed by atoms with E-state index in [-0.39, 0.29) is 30.2 Å². The zero-order valence-corrected chi connectivity index (χ0v) is 18.4. The molecule has 0 spiro atoms. The highest BCUT2D eigenvalue weighted by molar-refractivity contribution is 5.84. The van der Waals surface area contributed by atoms with E-state index in [1.165, 1.54) is 23.6 Å². The number of carbonyl (C=O) groups excluding carboxylic acids is 1. The summed E-state index contributed by atoms with van der Waals surface area (Å²) in [6.07, 6.45) is 3.88. The largest absolute Gasteiger partial charge is 0.461 e. The number of aromatic nitrogens is 5. The third-order valence-electron chi connectivity index (χ3n) is 5.42. The topological polar surface area (TPSA) is 140 Å². The van der Waals surface area contributed by atoms with Crippen molar-refractivity contribution in [2.24, 2.45) is 0 Å². The van der Waals surface area contributed by atoms with Crippen LogP contribution in [0.25, 0.3) is 17.4 Å². The number of nitrogens with one attached hydrogen (secondary N) is 1. The van der Waals surface area contributed by atoms with Crippen LogP contribution >= 0.6 is 0 Å². The maximum Gasteiger partial charge on any atom is 0.259 e. The normalized spacial score (nSPS) is 15.9. The maximum atomic E-state index is 13.2. The Morgan fingerprint density at radius 3 is 2.78 bits per heavy atom. The Morgan fingerprint density at radius 1 is 1.28 bits per heavy atom. The standard InChI is InChI=1S/C20H29N9O3/c1-3-4-7-27-8-10-28(11-9-27)17(30)14(13-31-2)22-19-24-18(21)29-20(25-19)23-16(26-29)15-6-5-12-32-15/h5-6,12,14H,3-4,7-11,13H2,1-2H3,(H3,21,22,23,24,25,26)/t14-/m0/s1. The van der Waals surface area contributed by atoms with E-state index in [1.807, 2.05) is 4.90 Å². The van der Waals surface area contributed by atoms with Crippen LogP contribution in [0.3, 0.4) is 0 Å². The van der Waals surface area contributed by atoms with Gasteiger partial charge in [-0.05, 0) is 25.1 Å². The van der Waals surface area contributed by atoms with Crippen LogP contribution in [0.5, 0.6) is 0 Å². The van der Waals surface area contributed by atoms with Crippen LogP contribution in [-0.4, -0.2) is 92.8 Å². The molecule has 0 saturated carbocycles. The summed E-state index contributed by atoms with van der Waals surface area (Å²) in [5.41, 5.74) is 6.05. The number of anilines is 2. The van der Waals surface area contributed by atoms with Gasteiger partial charge in [0.15, 0.2) is 5.76 Å². The summed E-state index contributed by atoms with van der Waals surface area (Å²) < 4.78 is 11.9. The second-order valence-corrected chi connectivity index (χ2v) is 7.70. The quantitative estimate of drug-likeness (QED) is 0.486. The van der Waals surface area contributed by atoms with Gasteiger partial charge in [-0.3, -0.25) is 9.69 Å². The van der Waals surface area contributed by atoms with Crippen LogP contribution in [0.4, 0.5) is 11.9 Å². The number of hydrogen-bond donors (Lipinski definition) is 2. The Hall–Kier alpha value is -3.25. The van der Waals surface area contributed by atoms with Gasteiger partial charge < -0.3 is 25.1 Å². The van der Waals surface area contributed by atoms with Crippen molar-refractivity contribution in [1.82, 2.24) is 34.4 Å². The summed E-state index contributed by atoms with van der Waals surface area (Å²) in [5.74, 6) is 1.32. The fourth-order valence-corrected chi connectivity index (χ4v) is 3.67. The Bertz CT molecular complexity index is 1030. The SMILES string of the molecule is CCCCN1CCN(C(=O)[C@H](COC)Nc2nc(N)n3nc(-c4ccco4)nc3n2)CC1. The van der Waals surface area contributed by atoms with Crippen molar-refractivity contribution in [3.05, 3.63) is 18.4 Å². The summed E-state index contributed by atoms with van der Waals surface area (Å²) in [5, 5.41) is 7.34. The lowest BCUT2D eigenvalue weighted by molar-refractivity contribution is -0.134. The van der Waals surface area contributed by atoms with Crippen LogP contribution in [0.2, 0.25) is 0 Å². The number of amides is 1. The average Bonchev–Trinajstić information content (AvgIpc) is 3.47. The molecule has 0 radical (unpaired) electrons. The maximum absolute atomic E-state index is 13.2. The predicted octanol–water partition coefficient (Wildman–Crippen LogP) is 0.733. The van der Waals surface area contributed by atoms with Gasteiger partial charge in [0.2, 0.25) is 23.6 Å². The zero-order chi connectivity index (χ0) is 22.5. The lowest BCUT2D eigenvalue weighted by Crippen LogP contribution is -2.53. The number of fused-ring (bicyclic) bond motifs is 1. The molecule has 1 aliphatic heterocycles. The molecule has 32 heavy (non-hydrogen) atoms. The molecule has 1 aliphatic rings. The van der Waals surface area contributed by atoms with Gasteiger partial charge in [-0.2, -0.15) is 19.5 Å². The summed E-state index contributed by atoms with van der Waals surface area (Å²) in [4.78, 5) is 30.4. The van der Waals surface area contributed by atoms with Crippen LogP contribution in [0.15, 0.2) is 22.8 Å². The minimum Gasteiger partial charge on any atom is -0.461 e. The van der Waals surface area contributed by atoms with Gasteiger partial charge in [-0.25, -0.2) is 0 Å². The van der Waals surface area contributed by atoms with Crippen LogP contribution in [0.1, 0.15) is 19.8 Å². The third kappa shape index (κ3) is 4.81. The minimum absolute atomic E-state index is 0.0539. The van der Waals surface area contributed by atoms with E-state index >= 15 is 0 Å². The van der Waals surface area contributed by atoms with Crippen LogP contribution in [-0.2, 0) is 9.53 Å². The van der Waals surface area contributed by atoms with E-state index in [4.69, 9.17) is 14.9 Å². The Morgan fingerprint density at radius 2 is 2.09 bits per heavy atom. The number of nitrogens with zero attached hydrogens (tertiary/aromatic N) is 7. The molecule has 1 saturated heterocycles. The molecule has 1 fully saturated rings. The first kappa shape index (κ1) is 22.0. The molecule has 4 rings (SSSR count). The molecule has 3 N–H and O–H groups in total. The number of methoxy groups -OCH3 is 1. The number of piperazine rings is 1. The number of ether oxygens (including phenoxy) is 1. The molecule has 172 valence electrons. The van der Waals surface area contributed by atoms with Crippen molar-refractivity contribution in [2.75, 3.05) is 57.5 Å². The second kappa shape index (κ2) is 9.92. The van der Waals surface area contributed by atoms with E-state index in [2.05, 4.69) is 37.2 Å². The van der Waals surface area contributed by atoms with Gasteiger partial charge in [0, 0.05) is 33.3 Å². The summed E-state index contributed by atoms with van der Waals surface area (Å²) >= 11 is 0. The molecule has 0 unspecified atom stereocenters. The summed E-state index contributed by atoms with van der Waals surface area (Å²) in [7, 11) is 1.55. The minimum atomic E-state index is -0.642. The number of nitrogen functional groups attached to an aromatic ring is 1. The van der Waals surface area contributed by atoms with Crippen molar-refractivity contribution in [1.29, 1.82) is 0 Å². The lowest BCUT2D eigenvalue weighted by atomic mass is 10.2. The number of furan rings is 1. The molecule has 12 nitrogen and oxygen atoms in total. The highest BCUT2D eigenvalue weighted by Gasteiger charge is 2.28. The highest BCUT2D eigenvalue weighted by Crippen LogP contribution is 2.18. The Balaban J connectivity index is 1.47. The van der Waals surface area contributed by atoms with Gasteiger partial charge in [0.25, 0.3) is 5.78 Å². The molecule has 1 amide bonds. The average molecular weight is 444 g/mol. The highest BCUT2D eigenvalue weighted by atomic mass is 16.5. The molecule has 3 aromatic heterocycles. The van der Waals surface area contributed by atoms with Gasteiger partial charge >= 0.3 is 0 Å². The lowest BCUT2D eigenvalue weighted by Gasteiger charge is -2.36. The monoisotopic (exact) mass is 443 g/mol. The van der Waals surface area contributed by atoms with Crippen molar-refractivity contribution in [3.8, 4) is 11.6 Å². The van der Waals surface area contributed by atoms with Crippen molar-refractivity contribution >= 4 is 23.6 Å². The van der Waals surface area contributed by atoms with E-state index in [0.717, 1.165) is 19.6 Å². The number of unbranched alkanes of at least 4 members (excludes halogenated alkanes) is 1.